The average molecular weight is 593 g/mol. The molecule has 1 N–H and O–H groups in total. The molecule has 0 aliphatic carbocycles. The van der Waals surface area contributed by atoms with Crippen molar-refractivity contribution in [1.29, 1.82) is 0 Å². The summed E-state index contributed by atoms with van der Waals surface area (Å²) in [7, 11) is -4.70. The Kier molecular flexibility index (Phi) is 10.2. The van der Waals surface area contributed by atoms with E-state index in [2.05, 4.69) is 10.1 Å². The van der Waals surface area contributed by atoms with Crippen LogP contribution >= 0.6 is 0 Å². The van der Waals surface area contributed by atoms with Gasteiger partial charge in [-0.15, -0.1) is 4.28 Å². The summed E-state index contributed by atoms with van der Waals surface area (Å²) in [6.45, 7) is 5.51. The van der Waals surface area contributed by atoms with Crippen LogP contribution in [0.1, 0.15) is 53.4 Å². The lowest BCUT2D eigenvalue weighted by molar-refractivity contribution is -0.155. The first-order chi connectivity index (χ1) is 18.7. The Bertz CT molecular complexity index is 1090. The fourth-order valence-corrected chi connectivity index (χ4v) is 5.35. The third-order valence-electron chi connectivity index (χ3n) is 6.73. The zero-order chi connectivity index (χ0) is 29.7. The summed E-state index contributed by atoms with van der Waals surface area (Å²) in [5, 5.41) is 3.60. The number of hydroxylamine groups is 2. The molecular formula is C23H36N4O12S. The molecule has 3 heterocycles. The number of nitrogens with zero attached hydrogens (tertiary/aromatic N) is 3. The van der Waals surface area contributed by atoms with Gasteiger partial charge in [-0.1, -0.05) is 0 Å². The summed E-state index contributed by atoms with van der Waals surface area (Å²) in [6, 6.07) is -2.46. The van der Waals surface area contributed by atoms with E-state index in [-0.39, 0.29) is 25.1 Å². The predicted molar refractivity (Wildman–Crippen MR) is 133 cm³/mol. The van der Waals surface area contributed by atoms with Crippen molar-refractivity contribution in [3.8, 4) is 0 Å². The lowest BCUT2D eigenvalue weighted by atomic mass is 9.95. The third kappa shape index (κ3) is 7.94. The fraction of sp³-hybridized carbons (Fsp3) is 0.783. The average Bonchev–Trinajstić information content (AvgIpc) is 3.12. The molecule has 40 heavy (non-hydrogen) atoms. The minimum Gasteiger partial charge on any atom is -0.466 e. The first-order valence-corrected chi connectivity index (χ1v) is 14.3. The minimum absolute atomic E-state index is 0.0907. The van der Waals surface area contributed by atoms with Crippen LogP contribution in [0.4, 0.5) is 9.59 Å². The van der Waals surface area contributed by atoms with Crippen LogP contribution in [0.3, 0.4) is 0 Å². The Morgan fingerprint density at radius 1 is 1.02 bits per heavy atom. The summed E-state index contributed by atoms with van der Waals surface area (Å²) in [5.41, 5.74) is -1.27. The number of carbonyl (C=O) groups is 5. The van der Waals surface area contributed by atoms with Crippen LogP contribution in [0.2, 0.25) is 0 Å². The van der Waals surface area contributed by atoms with Gasteiger partial charge in [0.2, 0.25) is 12.7 Å². The molecule has 2 bridgehead atoms. The van der Waals surface area contributed by atoms with Crippen molar-refractivity contribution in [1.82, 2.24) is 20.2 Å². The van der Waals surface area contributed by atoms with E-state index in [0.717, 1.165) is 0 Å². The van der Waals surface area contributed by atoms with E-state index < -0.39 is 65.4 Å². The summed E-state index contributed by atoms with van der Waals surface area (Å²) in [4.78, 5) is 63.5. The standard InChI is InChI=1S/C23H36N4O12S/c1-5-35-20(30)23(3,4)13-38-40(33,34)39-27-17-6-7-18(26(12-17)21(27)31)19(29)24-16-8-10-25(11-9-16)22(32)37-14-36-15(2)28/h16-18H,5-14H2,1-4H3,(H,24,29)/t17-,18+/m1/s1. The molecule has 0 saturated carbocycles. The number of esters is 2. The second-order valence-corrected chi connectivity index (χ2v) is 11.5. The lowest BCUT2D eigenvalue weighted by Crippen LogP contribution is -2.54. The van der Waals surface area contributed by atoms with E-state index in [9.17, 15) is 32.4 Å². The van der Waals surface area contributed by atoms with E-state index >= 15 is 0 Å². The molecule has 3 saturated heterocycles. The van der Waals surface area contributed by atoms with Gasteiger partial charge in [0.1, 0.15) is 6.04 Å². The summed E-state index contributed by atoms with van der Waals surface area (Å²) in [5.74, 6) is -1.61. The Morgan fingerprint density at radius 2 is 1.70 bits per heavy atom. The predicted octanol–water partition coefficient (Wildman–Crippen LogP) is 0.275. The molecule has 3 rings (SSSR count). The van der Waals surface area contributed by atoms with Gasteiger partial charge in [0, 0.05) is 32.6 Å². The van der Waals surface area contributed by atoms with E-state index in [1.54, 1.807) is 6.92 Å². The molecule has 0 unspecified atom stereocenters. The van der Waals surface area contributed by atoms with Crippen molar-refractivity contribution < 1.29 is 55.1 Å². The molecule has 0 radical (unpaired) electrons. The number of rotatable bonds is 11. The van der Waals surface area contributed by atoms with E-state index in [0.29, 0.717) is 43.8 Å². The Balaban J connectivity index is 1.48. The van der Waals surface area contributed by atoms with E-state index in [1.807, 2.05) is 0 Å². The highest BCUT2D eigenvalue weighted by Gasteiger charge is 2.50. The van der Waals surface area contributed by atoms with Crippen LogP contribution in [-0.2, 0) is 47.5 Å². The van der Waals surface area contributed by atoms with Crippen LogP contribution in [0.15, 0.2) is 0 Å². The number of piperidine rings is 2. The Morgan fingerprint density at radius 3 is 2.33 bits per heavy atom. The lowest BCUT2D eigenvalue weighted by Gasteiger charge is -2.34. The number of hydrogen-bond donors (Lipinski definition) is 1. The number of hydrogen-bond acceptors (Lipinski definition) is 12. The molecule has 226 valence electrons. The Labute approximate surface area is 232 Å². The third-order valence-corrected chi connectivity index (χ3v) is 7.48. The number of carbonyl (C=O) groups excluding carboxylic acids is 5. The number of amides is 4. The maximum Gasteiger partial charge on any atom is 0.421 e. The molecule has 3 aliphatic heterocycles. The maximum atomic E-state index is 13.0. The summed E-state index contributed by atoms with van der Waals surface area (Å²) < 4.78 is 49.0. The highest BCUT2D eigenvalue weighted by molar-refractivity contribution is 7.81. The second kappa shape index (κ2) is 13.0. The van der Waals surface area contributed by atoms with Crippen LogP contribution in [-0.4, -0.2) is 111 Å². The van der Waals surface area contributed by atoms with Crippen LogP contribution in [0.5, 0.6) is 0 Å². The van der Waals surface area contributed by atoms with Gasteiger partial charge in [-0.25, -0.2) is 13.8 Å². The van der Waals surface area contributed by atoms with E-state index in [1.165, 1.54) is 30.6 Å². The molecule has 17 heteroatoms. The number of ether oxygens (including phenoxy) is 3. The zero-order valence-electron chi connectivity index (χ0n) is 23.0. The van der Waals surface area contributed by atoms with Gasteiger partial charge in [-0.05, 0) is 46.5 Å². The molecule has 0 aromatic heterocycles. The van der Waals surface area contributed by atoms with Crippen molar-refractivity contribution in [3.05, 3.63) is 0 Å². The highest BCUT2D eigenvalue weighted by atomic mass is 32.3. The molecule has 3 aliphatic rings. The van der Waals surface area contributed by atoms with Crippen LogP contribution in [0, 0.1) is 5.41 Å². The summed E-state index contributed by atoms with van der Waals surface area (Å²) >= 11 is 0. The molecule has 2 atom stereocenters. The number of likely N-dealkylation sites (tertiary alicyclic amines) is 1. The van der Waals surface area contributed by atoms with Gasteiger partial charge in [0.05, 0.1) is 24.7 Å². The van der Waals surface area contributed by atoms with Crippen molar-refractivity contribution in [3.63, 3.8) is 0 Å². The second-order valence-electron chi connectivity index (χ2n) is 10.3. The van der Waals surface area contributed by atoms with E-state index in [4.69, 9.17) is 17.9 Å². The van der Waals surface area contributed by atoms with Gasteiger partial charge < -0.3 is 29.3 Å². The number of nitrogens with one attached hydrogen (secondary N) is 1. The van der Waals surface area contributed by atoms with Gasteiger partial charge in [0.25, 0.3) is 0 Å². The topological polar surface area (TPSA) is 187 Å². The molecule has 0 aromatic carbocycles. The normalized spacial score (nSPS) is 21.7. The number of urea groups is 1. The fourth-order valence-electron chi connectivity index (χ4n) is 4.49. The Hall–Kier alpha value is -3.18. The first-order valence-electron chi connectivity index (χ1n) is 13.0. The van der Waals surface area contributed by atoms with Gasteiger partial charge in [-0.3, -0.25) is 14.4 Å². The van der Waals surface area contributed by atoms with Crippen molar-refractivity contribution in [2.75, 3.05) is 39.6 Å². The van der Waals surface area contributed by atoms with Gasteiger partial charge in [-0.2, -0.15) is 13.5 Å². The SMILES string of the molecule is CCOC(=O)C(C)(C)COS(=O)(=O)ON1C(=O)N2C[C@H]1CC[C@H]2C(=O)NC1CCN(C(=O)OCOC(C)=O)CC1. The van der Waals surface area contributed by atoms with Gasteiger partial charge in [0.15, 0.2) is 0 Å². The van der Waals surface area contributed by atoms with Crippen LogP contribution in [0.25, 0.3) is 0 Å². The highest BCUT2D eigenvalue weighted by Crippen LogP contribution is 2.31. The molecular weight excluding hydrogens is 556 g/mol. The molecule has 4 amide bonds. The summed E-state index contributed by atoms with van der Waals surface area (Å²) in [6.07, 6.45) is 0.877. The quantitative estimate of drug-likeness (QED) is 0.255. The molecule has 0 spiro atoms. The van der Waals surface area contributed by atoms with Crippen molar-refractivity contribution >= 4 is 40.4 Å². The zero-order valence-corrected chi connectivity index (χ0v) is 23.8. The molecule has 3 fully saturated rings. The minimum atomic E-state index is -4.70. The maximum absolute atomic E-state index is 13.0. The first kappa shape index (κ1) is 31.3. The molecule has 16 nitrogen and oxygen atoms in total. The number of fused-ring (bicyclic) bond motifs is 2. The van der Waals surface area contributed by atoms with Gasteiger partial charge >= 0.3 is 34.5 Å². The molecule has 0 aromatic rings. The van der Waals surface area contributed by atoms with Crippen molar-refractivity contribution in [2.24, 2.45) is 5.41 Å². The monoisotopic (exact) mass is 592 g/mol. The largest absolute Gasteiger partial charge is 0.466 e. The van der Waals surface area contributed by atoms with Crippen molar-refractivity contribution in [2.45, 2.75) is 71.5 Å². The smallest absolute Gasteiger partial charge is 0.421 e. The van der Waals surface area contributed by atoms with Crippen LogP contribution < -0.4 is 5.32 Å².